The number of benzene rings is 2. The highest BCUT2D eigenvalue weighted by Gasteiger charge is 2.15. The van der Waals surface area contributed by atoms with Crippen LogP contribution in [-0.2, 0) is 11.3 Å². The normalized spacial score (nSPS) is 10.7. The summed E-state index contributed by atoms with van der Waals surface area (Å²) in [6.07, 6.45) is 1.73. The van der Waals surface area contributed by atoms with E-state index in [4.69, 9.17) is 0 Å². The summed E-state index contributed by atoms with van der Waals surface area (Å²) in [5, 5.41) is 12.0. The Morgan fingerprint density at radius 3 is 2.50 bits per heavy atom. The number of nitrogens with one attached hydrogen (secondary N) is 1. The first kappa shape index (κ1) is 19.8. The van der Waals surface area contributed by atoms with Gasteiger partial charge in [0.25, 0.3) is 0 Å². The SMILES string of the molecule is C=CCn1c(SCC(=O)Nc2c(C)cccc2C)nnc1-c1ccc(F)cc1. The van der Waals surface area contributed by atoms with Gasteiger partial charge in [-0.25, -0.2) is 4.39 Å². The quantitative estimate of drug-likeness (QED) is 0.468. The lowest BCUT2D eigenvalue weighted by atomic mass is 10.1. The molecule has 0 saturated heterocycles. The van der Waals surface area contributed by atoms with Crippen molar-refractivity contribution in [3.05, 3.63) is 72.1 Å². The third-order valence-corrected chi connectivity index (χ3v) is 5.18. The van der Waals surface area contributed by atoms with Crippen molar-refractivity contribution in [1.82, 2.24) is 14.8 Å². The average molecular weight is 396 g/mol. The first-order valence-corrected chi connectivity index (χ1v) is 9.77. The second-order valence-electron chi connectivity index (χ2n) is 6.32. The molecule has 0 aliphatic rings. The van der Waals surface area contributed by atoms with Crippen LogP contribution in [-0.4, -0.2) is 26.4 Å². The lowest BCUT2D eigenvalue weighted by molar-refractivity contribution is -0.113. The van der Waals surface area contributed by atoms with Crippen LogP contribution in [0.15, 0.2) is 60.3 Å². The number of hydrogen-bond acceptors (Lipinski definition) is 4. The van der Waals surface area contributed by atoms with Crippen LogP contribution < -0.4 is 5.32 Å². The van der Waals surface area contributed by atoms with E-state index >= 15 is 0 Å². The van der Waals surface area contributed by atoms with E-state index in [1.54, 1.807) is 18.2 Å². The largest absolute Gasteiger partial charge is 0.325 e. The lowest BCUT2D eigenvalue weighted by Crippen LogP contribution is -2.16. The number of nitrogens with zero attached hydrogens (tertiary/aromatic N) is 3. The van der Waals surface area contributed by atoms with Crippen LogP contribution in [0.2, 0.25) is 0 Å². The third kappa shape index (κ3) is 4.48. The number of aryl methyl sites for hydroxylation is 2. The van der Waals surface area contributed by atoms with E-state index < -0.39 is 0 Å². The molecule has 1 heterocycles. The van der Waals surface area contributed by atoms with Crippen LogP contribution in [0.4, 0.5) is 10.1 Å². The number of aromatic nitrogens is 3. The highest BCUT2D eigenvalue weighted by atomic mass is 32.2. The third-order valence-electron chi connectivity index (χ3n) is 4.21. The number of para-hydroxylation sites is 1. The van der Waals surface area contributed by atoms with Gasteiger partial charge in [0.15, 0.2) is 11.0 Å². The smallest absolute Gasteiger partial charge is 0.234 e. The Balaban J connectivity index is 1.74. The average Bonchev–Trinajstić information content (AvgIpc) is 3.07. The standard InChI is InChI=1S/C21H21FN4OS/c1-4-12-26-20(16-8-10-17(22)11-9-16)24-25-21(26)28-13-18(27)23-19-14(2)6-5-7-15(19)3/h4-11H,1,12-13H2,2-3H3,(H,23,27). The molecule has 0 aliphatic heterocycles. The Hall–Kier alpha value is -2.93. The summed E-state index contributed by atoms with van der Waals surface area (Å²) in [7, 11) is 0. The number of hydrogen-bond donors (Lipinski definition) is 1. The first-order chi connectivity index (χ1) is 13.5. The van der Waals surface area contributed by atoms with Crippen molar-refractivity contribution in [3.8, 4) is 11.4 Å². The van der Waals surface area contributed by atoms with Gasteiger partial charge >= 0.3 is 0 Å². The summed E-state index contributed by atoms with van der Waals surface area (Å²) in [5.74, 6) is 0.389. The van der Waals surface area contributed by atoms with Gasteiger partial charge in [0, 0.05) is 17.8 Å². The van der Waals surface area contributed by atoms with Gasteiger partial charge in [-0.2, -0.15) is 0 Å². The number of halogens is 1. The monoisotopic (exact) mass is 396 g/mol. The minimum absolute atomic E-state index is 0.112. The van der Waals surface area contributed by atoms with Crippen LogP contribution in [0, 0.1) is 19.7 Å². The molecule has 1 aromatic heterocycles. The molecule has 0 radical (unpaired) electrons. The summed E-state index contributed by atoms with van der Waals surface area (Å²) in [6, 6.07) is 12.0. The highest BCUT2D eigenvalue weighted by molar-refractivity contribution is 7.99. The lowest BCUT2D eigenvalue weighted by Gasteiger charge is -2.11. The molecular formula is C21H21FN4OS. The first-order valence-electron chi connectivity index (χ1n) is 8.78. The second kappa shape index (κ2) is 8.84. The number of amides is 1. The zero-order valence-electron chi connectivity index (χ0n) is 15.8. The molecule has 0 spiro atoms. The summed E-state index contributed by atoms with van der Waals surface area (Å²) >= 11 is 1.30. The summed E-state index contributed by atoms with van der Waals surface area (Å²) in [6.45, 7) is 8.19. The van der Waals surface area contributed by atoms with Gasteiger partial charge in [0.2, 0.25) is 5.91 Å². The van der Waals surface area contributed by atoms with Crippen LogP contribution in [0.5, 0.6) is 0 Å². The zero-order chi connectivity index (χ0) is 20.1. The number of carbonyl (C=O) groups is 1. The summed E-state index contributed by atoms with van der Waals surface area (Å²) in [5.41, 5.74) is 3.63. The molecule has 3 rings (SSSR count). The molecule has 0 saturated carbocycles. The van der Waals surface area contributed by atoms with Gasteiger partial charge in [-0.3, -0.25) is 9.36 Å². The maximum absolute atomic E-state index is 13.2. The number of thioether (sulfide) groups is 1. The fraction of sp³-hybridized carbons (Fsp3) is 0.190. The minimum atomic E-state index is -0.309. The van der Waals surface area contributed by atoms with E-state index in [-0.39, 0.29) is 17.5 Å². The molecule has 1 amide bonds. The fourth-order valence-corrected chi connectivity index (χ4v) is 3.57. The van der Waals surface area contributed by atoms with E-state index in [9.17, 15) is 9.18 Å². The number of allylic oxidation sites excluding steroid dienone is 1. The van der Waals surface area contributed by atoms with Gasteiger partial charge in [0.1, 0.15) is 5.82 Å². The van der Waals surface area contributed by atoms with Crippen molar-refractivity contribution >= 4 is 23.4 Å². The van der Waals surface area contributed by atoms with Crippen LogP contribution >= 0.6 is 11.8 Å². The van der Waals surface area contributed by atoms with Crippen LogP contribution in [0.3, 0.4) is 0 Å². The number of carbonyl (C=O) groups excluding carboxylic acids is 1. The molecule has 0 atom stereocenters. The van der Waals surface area contributed by atoms with E-state index in [0.29, 0.717) is 17.5 Å². The molecule has 0 aliphatic carbocycles. The van der Waals surface area contributed by atoms with Crippen molar-refractivity contribution < 1.29 is 9.18 Å². The maximum Gasteiger partial charge on any atom is 0.234 e. The van der Waals surface area contributed by atoms with Gasteiger partial charge < -0.3 is 5.32 Å². The van der Waals surface area contributed by atoms with E-state index in [0.717, 1.165) is 22.4 Å². The molecule has 1 N–H and O–H groups in total. The van der Waals surface area contributed by atoms with E-state index in [1.165, 1.54) is 23.9 Å². The molecule has 5 nitrogen and oxygen atoms in total. The molecule has 3 aromatic rings. The Kier molecular flexibility index (Phi) is 6.26. The Labute approximate surface area is 167 Å². The Bertz CT molecular complexity index is 978. The Morgan fingerprint density at radius 1 is 1.18 bits per heavy atom. The molecule has 2 aromatic carbocycles. The zero-order valence-corrected chi connectivity index (χ0v) is 16.6. The molecule has 144 valence electrons. The van der Waals surface area contributed by atoms with Crippen LogP contribution in [0.1, 0.15) is 11.1 Å². The predicted molar refractivity (Wildman–Crippen MR) is 111 cm³/mol. The maximum atomic E-state index is 13.2. The summed E-state index contributed by atoms with van der Waals surface area (Å²) < 4.78 is 15.1. The van der Waals surface area contributed by atoms with Crippen molar-refractivity contribution in [2.75, 3.05) is 11.1 Å². The molecule has 28 heavy (non-hydrogen) atoms. The minimum Gasteiger partial charge on any atom is -0.325 e. The van der Waals surface area contributed by atoms with Gasteiger partial charge in [-0.15, -0.1) is 16.8 Å². The molecule has 0 fully saturated rings. The van der Waals surface area contributed by atoms with Gasteiger partial charge in [-0.1, -0.05) is 36.0 Å². The number of rotatable bonds is 7. The van der Waals surface area contributed by atoms with Gasteiger partial charge in [-0.05, 0) is 49.2 Å². The van der Waals surface area contributed by atoms with Crippen molar-refractivity contribution in [2.45, 2.75) is 25.5 Å². The van der Waals surface area contributed by atoms with E-state index in [1.807, 2.05) is 36.6 Å². The van der Waals surface area contributed by atoms with Gasteiger partial charge in [0.05, 0.1) is 5.75 Å². The molecule has 0 bridgehead atoms. The fourth-order valence-electron chi connectivity index (χ4n) is 2.82. The van der Waals surface area contributed by atoms with E-state index in [2.05, 4.69) is 22.1 Å². The van der Waals surface area contributed by atoms with Crippen molar-refractivity contribution in [2.24, 2.45) is 0 Å². The molecule has 0 unspecified atom stereocenters. The van der Waals surface area contributed by atoms with Crippen molar-refractivity contribution in [1.29, 1.82) is 0 Å². The van der Waals surface area contributed by atoms with Crippen LogP contribution in [0.25, 0.3) is 11.4 Å². The second-order valence-corrected chi connectivity index (χ2v) is 7.26. The highest BCUT2D eigenvalue weighted by Crippen LogP contribution is 2.25. The molecular weight excluding hydrogens is 375 g/mol. The summed E-state index contributed by atoms with van der Waals surface area (Å²) in [4.78, 5) is 12.4. The molecule has 7 heteroatoms. The topological polar surface area (TPSA) is 59.8 Å². The predicted octanol–water partition coefficient (Wildman–Crippen LogP) is 4.62. The number of anilines is 1. The Morgan fingerprint density at radius 2 is 1.86 bits per heavy atom. The van der Waals surface area contributed by atoms with Crippen molar-refractivity contribution in [3.63, 3.8) is 0 Å².